The van der Waals surface area contributed by atoms with Gasteiger partial charge in [0, 0.05) is 43.4 Å². The Morgan fingerprint density at radius 1 is 1.17 bits per heavy atom. The lowest BCUT2D eigenvalue weighted by Crippen LogP contribution is -2.48. The zero-order chi connectivity index (χ0) is 15.8. The second-order valence-electron chi connectivity index (χ2n) is 6.29. The number of amides is 1. The number of likely N-dealkylation sites (tertiary alicyclic amines) is 1. The van der Waals surface area contributed by atoms with Crippen LogP contribution in [0.15, 0.2) is 51.9 Å². The van der Waals surface area contributed by atoms with Crippen LogP contribution in [0.1, 0.15) is 23.8 Å². The van der Waals surface area contributed by atoms with E-state index in [-0.39, 0.29) is 17.4 Å². The average molecular weight is 310 g/mol. The van der Waals surface area contributed by atoms with Crippen molar-refractivity contribution in [2.75, 3.05) is 13.1 Å². The summed E-state index contributed by atoms with van der Waals surface area (Å²) in [6.07, 6.45) is 5.91. The van der Waals surface area contributed by atoms with E-state index in [1.54, 1.807) is 30.5 Å². The predicted octanol–water partition coefficient (Wildman–Crippen LogP) is 2.10. The zero-order valence-corrected chi connectivity index (χ0v) is 12.7. The van der Waals surface area contributed by atoms with E-state index in [0.29, 0.717) is 31.3 Å². The van der Waals surface area contributed by atoms with Crippen LogP contribution in [0.5, 0.6) is 0 Å². The molecular weight excluding hydrogens is 292 g/mol. The normalized spacial score (nSPS) is 23.0. The molecule has 23 heavy (non-hydrogen) atoms. The highest BCUT2D eigenvalue weighted by Gasteiger charge is 2.35. The lowest BCUT2D eigenvalue weighted by atomic mass is 9.83. The van der Waals surface area contributed by atoms with Gasteiger partial charge in [-0.3, -0.25) is 9.59 Å². The number of nitrogens with zero attached hydrogens (tertiary/aromatic N) is 2. The van der Waals surface area contributed by atoms with Crippen LogP contribution in [0.4, 0.5) is 0 Å². The number of aromatic nitrogens is 1. The van der Waals surface area contributed by atoms with E-state index >= 15 is 0 Å². The maximum atomic E-state index is 12.4. The number of piperidine rings is 1. The van der Waals surface area contributed by atoms with Gasteiger partial charge in [0.25, 0.3) is 5.56 Å². The van der Waals surface area contributed by atoms with Crippen molar-refractivity contribution in [3.05, 3.63) is 64.5 Å². The molecular formula is C18H18N2O3. The molecule has 4 rings (SSSR count). The van der Waals surface area contributed by atoms with E-state index in [0.717, 1.165) is 12.1 Å². The Balaban J connectivity index is 1.54. The summed E-state index contributed by atoms with van der Waals surface area (Å²) in [6, 6.07) is 9.04. The van der Waals surface area contributed by atoms with Gasteiger partial charge in [0.05, 0.1) is 6.26 Å². The van der Waals surface area contributed by atoms with Crippen LogP contribution < -0.4 is 5.56 Å². The highest BCUT2D eigenvalue weighted by Crippen LogP contribution is 2.34. The van der Waals surface area contributed by atoms with Crippen LogP contribution in [0.3, 0.4) is 0 Å². The van der Waals surface area contributed by atoms with Crippen molar-refractivity contribution < 1.29 is 9.21 Å². The van der Waals surface area contributed by atoms with Gasteiger partial charge in [-0.1, -0.05) is 6.07 Å². The quantitative estimate of drug-likeness (QED) is 0.798. The van der Waals surface area contributed by atoms with E-state index in [4.69, 9.17) is 4.42 Å². The molecule has 2 aliphatic heterocycles. The Morgan fingerprint density at radius 2 is 2.09 bits per heavy atom. The maximum Gasteiger partial charge on any atom is 0.250 e. The SMILES string of the molecule is O=C(/C=C/c1ccco1)N1C[C@@H]2C[C@@H](C1)c1cccc(=O)n1C2. The van der Waals surface area contributed by atoms with Crippen LogP contribution >= 0.6 is 0 Å². The molecule has 0 unspecified atom stereocenters. The Morgan fingerprint density at radius 3 is 2.91 bits per heavy atom. The van der Waals surface area contributed by atoms with Gasteiger partial charge in [0.15, 0.2) is 0 Å². The number of furan rings is 1. The van der Waals surface area contributed by atoms with Gasteiger partial charge in [-0.25, -0.2) is 0 Å². The summed E-state index contributed by atoms with van der Waals surface area (Å²) in [5.41, 5.74) is 1.12. The first-order valence-corrected chi connectivity index (χ1v) is 7.91. The fraction of sp³-hybridized carbons (Fsp3) is 0.333. The number of rotatable bonds is 2. The van der Waals surface area contributed by atoms with Crippen molar-refractivity contribution in [1.82, 2.24) is 9.47 Å². The molecule has 118 valence electrons. The third-order valence-corrected chi connectivity index (χ3v) is 4.72. The fourth-order valence-corrected chi connectivity index (χ4v) is 3.72. The molecule has 0 aromatic carbocycles. The van der Waals surface area contributed by atoms with E-state index in [1.807, 2.05) is 27.7 Å². The van der Waals surface area contributed by atoms with Gasteiger partial charge in [-0.2, -0.15) is 0 Å². The average Bonchev–Trinajstić information content (AvgIpc) is 3.07. The topological polar surface area (TPSA) is 55.5 Å². The molecule has 2 bridgehead atoms. The van der Waals surface area contributed by atoms with Crippen molar-refractivity contribution >= 4 is 12.0 Å². The number of hydrogen-bond donors (Lipinski definition) is 0. The highest BCUT2D eigenvalue weighted by atomic mass is 16.3. The second-order valence-corrected chi connectivity index (χ2v) is 6.29. The van der Waals surface area contributed by atoms with E-state index < -0.39 is 0 Å². The molecule has 1 amide bonds. The summed E-state index contributed by atoms with van der Waals surface area (Å²) < 4.78 is 7.08. The van der Waals surface area contributed by atoms with Crippen molar-refractivity contribution in [3.63, 3.8) is 0 Å². The minimum atomic E-state index is 0.00262. The second kappa shape index (κ2) is 5.57. The third-order valence-electron chi connectivity index (χ3n) is 4.72. The van der Waals surface area contributed by atoms with E-state index in [2.05, 4.69) is 0 Å². The molecule has 0 radical (unpaired) electrons. The highest BCUT2D eigenvalue weighted by molar-refractivity contribution is 5.91. The first-order valence-electron chi connectivity index (χ1n) is 7.91. The summed E-state index contributed by atoms with van der Waals surface area (Å²) >= 11 is 0. The molecule has 4 heterocycles. The molecule has 1 saturated heterocycles. The van der Waals surface area contributed by atoms with Crippen molar-refractivity contribution in [1.29, 1.82) is 0 Å². The van der Waals surface area contributed by atoms with Crippen molar-refractivity contribution in [2.45, 2.75) is 18.9 Å². The molecule has 5 nitrogen and oxygen atoms in total. The van der Waals surface area contributed by atoms with Crippen LogP contribution in [-0.2, 0) is 11.3 Å². The fourth-order valence-electron chi connectivity index (χ4n) is 3.72. The Kier molecular flexibility index (Phi) is 3.41. The van der Waals surface area contributed by atoms with Gasteiger partial charge in [0.2, 0.25) is 5.91 Å². The molecule has 2 aromatic rings. The summed E-state index contributed by atoms with van der Waals surface area (Å²) in [4.78, 5) is 26.3. The van der Waals surface area contributed by atoms with E-state index in [9.17, 15) is 9.59 Å². The first kappa shape index (κ1) is 14.1. The molecule has 0 N–H and O–H groups in total. The smallest absolute Gasteiger partial charge is 0.250 e. The molecule has 2 aliphatic rings. The number of carbonyl (C=O) groups excluding carboxylic acids is 1. The van der Waals surface area contributed by atoms with Gasteiger partial charge in [0.1, 0.15) is 5.76 Å². The standard InChI is InChI=1S/C18H18N2O3/c21-17(7-6-15-3-2-8-23-15)19-10-13-9-14(12-19)16-4-1-5-18(22)20(16)11-13/h1-8,13-14H,9-12H2/b7-6+/t13-,14-/m0/s1. The summed E-state index contributed by atoms with van der Waals surface area (Å²) in [5.74, 6) is 1.27. The van der Waals surface area contributed by atoms with Gasteiger partial charge in [-0.15, -0.1) is 0 Å². The van der Waals surface area contributed by atoms with Crippen LogP contribution in [-0.4, -0.2) is 28.5 Å². The molecule has 5 heteroatoms. The summed E-state index contributed by atoms with van der Waals surface area (Å²) in [7, 11) is 0. The Hall–Kier alpha value is -2.56. The summed E-state index contributed by atoms with van der Waals surface area (Å²) in [5, 5.41) is 0. The van der Waals surface area contributed by atoms with Gasteiger partial charge >= 0.3 is 0 Å². The van der Waals surface area contributed by atoms with Crippen LogP contribution in [0, 0.1) is 5.92 Å². The van der Waals surface area contributed by atoms with Crippen molar-refractivity contribution in [3.8, 4) is 0 Å². The van der Waals surface area contributed by atoms with Crippen molar-refractivity contribution in [2.24, 2.45) is 5.92 Å². The Bertz CT molecular complexity index is 804. The maximum absolute atomic E-state index is 12.4. The number of carbonyl (C=O) groups is 1. The molecule has 1 fully saturated rings. The third kappa shape index (κ3) is 2.63. The van der Waals surface area contributed by atoms with Crippen LogP contribution in [0.2, 0.25) is 0 Å². The molecule has 0 spiro atoms. The first-order chi connectivity index (χ1) is 11.2. The lowest BCUT2D eigenvalue weighted by molar-refractivity contribution is -0.128. The van der Waals surface area contributed by atoms with Gasteiger partial charge < -0.3 is 13.9 Å². The predicted molar refractivity (Wildman–Crippen MR) is 85.9 cm³/mol. The largest absolute Gasteiger partial charge is 0.465 e. The number of fused-ring (bicyclic) bond motifs is 4. The molecule has 2 atom stereocenters. The molecule has 0 aliphatic carbocycles. The monoisotopic (exact) mass is 310 g/mol. The Labute approximate surface area is 133 Å². The number of pyridine rings is 1. The minimum absolute atomic E-state index is 0.00262. The lowest BCUT2D eigenvalue weighted by Gasteiger charge is -2.42. The molecule has 2 aromatic heterocycles. The van der Waals surface area contributed by atoms with Gasteiger partial charge in [-0.05, 0) is 36.6 Å². The molecule has 0 saturated carbocycles. The number of hydrogen-bond acceptors (Lipinski definition) is 3. The summed E-state index contributed by atoms with van der Waals surface area (Å²) in [6.45, 7) is 2.08. The van der Waals surface area contributed by atoms with E-state index in [1.165, 1.54) is 0 Å². The minimum Gasteiger partial charge on any atom is -0.465 e. The van der Waals surface area contributed by atoms with Crippen LogP contribution in [0.25, 0.3) is 6.08 Å². The zero-order valence-electron chi connectivity index (χ0n) is 12.7.